The van der Waals surface area contributed by atoms with Gasteiger partial charge in [-0.05, 0) is 74.7 Å². The summed E-state index contributed by atoms with van der Waals surface area (Å²) >= 11 is 0. The zero-order valence-electron chi connectivity index (χ0n) is 22.4. The summed E-state index contributed by atoms with van der Waals surface area (Å²) in [7, 11) is 0. The zero-order valence-corrected chi connectivity index (χ0v) is 22.4. The molecule has 2 fully saturated rings. The predicted molar refractivity (Wildman–Crippen MR) is 148 cm³/mol. The summed E-state index contributed by atoms with van der Waals surface area (Å²) in [6.45, 7) is 4.74. The topological polar surface area (TPSA) is 94.1 Å². The van der Waals surface area contributed by atoms with Crippen molar-refractivity contribution in [3.63, 3.8) is 0 Å². The molecule has 2 aromatic carbocycles. The van der Waals surface area contributed by atoms with Gasteiger partial charge in [0.15, 0.2) is 0 Å². The monoisotopic (exact) mass is 557 g/mol. The smallest absolute Gasteiger partial charge is 0.371 e. The van der Waals surface area contributed by atoms with Gasteiger partial charge in [-0.3, -0.25) is 19.3 Å². The summed E-state index contributed by atoms with van der Waals surface area (Å²) in [5.74, 6) is -1.27. The van der Waals surface area contributed by atoms with Crippen LogP contribution >= 0.6 is 0 Å². The summed E-state index contributed by atoms with van der Waals surface area (Å²) in [4.78, 5) is 44.5. The summed E-state index contributed by atoms with van der Waals surface area (Å²) in [5, 5.41) is 5.14. The molecular formula is C29H34F3N5O3. The van der Waals surface area contributed by atoms with Crippen LogP contribution in [-0.2, 0) is 15.8 Å². The third kappa shape index (κ3) is 8.14. The Morgan fingerprint density at radius 1 is 1.02 bits per heavy atom. The minimum Gasteiger partial charge on any atom is -0.371 e. The van der Waals surface area contributed by atoms with Gasteiger partial charge in [0, 0.05) is 61.7 Å². The quantitative estimate of drug-likeness (QED) is 0.493. The van der Waals surface area contributed by atoms with Crippen molar-refractivity contribution in [2.24, 2.45) is 10.9 Å². The number of nitrogens with zero attached hydrogens (tertiary/aromatic N) is 3. The molecule has 0 aromatic heterocycles. The van der Waals surface area contributed by atoms with Gasteiger partial charge in [0.1, 0.15) is 0 Å². The molecule has 2 aliphatic rings. The number of carbonyl (C=O) groups is 3. The Bertz CT molecular complexity index is 1230. The van der Waals surface area contributed by atoms with Crippen molar-refractivity contribution in [1.29, 1.82) is 0 Å². The van der Waals surface area contributed by atoms with Crippen LogP contribution in [0.1, 0.15) is 48.5 Å². The van der Waals surface area contributed by atoms with E-state index in [1.165, 1.54) is 13.0 Å². The maximum absolute atomic E-state index is 12.9. The average Bonchev–Trinajstić information content (AvgIpc) is 3.26. The lowest BCUT2D eigenvalue weighted by atomic mass is 10.1. The molecule has 2 atom stereocenters. The van der Waals surface area contributed by atoms with Gasteiger partial charge in [0.25, 0.3) is 11.8 Å². The van der Waals surface area contributed by atoms with Crippen molar-refractivity contribution in [2.45, 2.75) is 44.8 Å². The molecule has 40 heavy (non-hydrogen) atoms. The normalized spacial score (nSPS) is 20.4. The van der Waals surface area contributed by atoms with Gasteiger partial charge < -0.3 is 15.5 Å². The summed E-state index contributed by atoms with van der Waals surface area (Å²) in [5.41, 5.74) is 0.834. The molecule has 2 aromatic rings. The lowest BCUT2D eigenvalue weighted by Gasteiger charge is -2.27. The average molecular weight is 558 g/mol. The minimum absolute atomic E-state index is 0.0931. The van der Waals surface area contributed by atoms with E-state index in [1.54, 1.807) is 6.21 Å². The molecule has 2 N–H and O–H groups in total. The maximum atomic E-state index is 12.9. The number of likely N-dealkylation sites (tertiary alicyclic amines) is 1. The molecule has 8 nitrogen and oxygen atoms in total. The van der Waals surface area contributed by atoms with E-state index in [1.807, 2.05) is 24.3 Å². The molecule has 3 amide bonds. The molecular weight excluding hydrogens is 523 g/mol. The first kappa shape index (κ1) is 29.3. The standard InChI is InChI=1S/C29H34F3N5O3/c1-20(38)35-24-7-9-26(10-8-24)36-13-3-6-25(12-15-36)37-14-11-21(19-37)17-33-27(39)18-34-28(40)22-4-2-5-23(16-22)29(30,31)32/h2,4-5,7-10,16-17,21,25H,3,6,11-15,18-19H2,1H3,(H,34,40)(H,35,38). The Kier molecular flexibility index (Phi) is 9.57. The van der Waals surface area contributed by atoms with Crippen LogP contribution in [0.5, 0.6) is 0 Å². The number of anilines is 2. The molecule has 214 valence electrons. The van der Waals surface area contributed by atoms with E-state index < -0.39 is 23.6 Å². The number of halogens is 3. The van der Waals surface area contributed by atoms with Crippen LogP contribution in [0.15, 0.2) is 53.5 Å². The molecule has 2 unspecified atom stereocenters. The van der Waals surface area contributed by atoms with Crippen molar-refractivity contribution in [3.8, 4) is 0 Å². The number of alkyl halides is 3. The zero-order chi connectivity index (χ0) is 28.7. The minimum atomic E-state index is -4.55. The molecule has 0 radical (unpaired) electrons. The third-order valence-corrected chi connectivity index (χ3v) is 7.30. The van der Waals surface area contributed by atoms with Gasteiger partial charge in [-0.25, -0.2) is 4.99 Å². The van der Waals surface area contributed by atoms with Gasteiger partial charge in [-0.15, -0.1) is 0 Å². The highest BCUT2D eigenvalue weighted by Gasteiger charge is 2.31. The number of aliphatic imine (C=N–C) groups is 1. The van der Waals surface area contributed by atoms with Gasteiger partial charge in [0.2, 0.25) is 5.91 Å². The van der Waals surface area contributed by atoms with Gasteiger partial charge in [-0.2, -0.15) is 13.2 Å². The second-order valence-electron chi connectivity index (χ2n) is 10.3. The van der Waals surface area contributed by atoms with Crippen LogP contribution in [0.2, 0.25) is 0 Å². The van der Waals surface area contributed by atoms with Crippen LogP contribution in [0, 0.1) is 5.92 Å². The van der Waals surface area contributed by atoms with E-state index in [-0.39, 0.29) is 23.9 Å². The number of nitrogens with one attached hydrogen (secondary N) is 2. The lowest BCUT2D eigenvalue weighted by molar-refractivity contribution is -0.137. The van der Waals surface area contributed by atoms with Gasteiger partial charge in [0.05, 0.1) is 12.1 Å². The molecule has 4 rings (SSSR count). The molecule has 2 saturated heterocycles. The van der Waals surface area contributed by atoms with Crippen molar-refractivity contribution in [3.05, 3.63) is 59.7 Å². The SMILES string of the molecule is CC(=O)Nc1ccc(N2CCCC(N3CCC(C=NC(=O)CNC(=O)c4cccc(C(F)(F)F)c4)C3)CC2)cc1. The fraction of sp³-hybridized carbons (Fsp3) is 0.448. The second-order valence-corrected chi connectivity index (χ2v) is 10.3. The van der Waals surface area contributed by atoms with Gasteiger partial charge in [-0.1, -0.05) is 6.07 Å². The van der Waals surface area contributed by atoms with Crippen LogP contribution in [0.4, 0.5) is 24.5 Å². The first-order valence-corrected chi connectivity index (χ1v) is 13.5. The molecule has 2 heterocycles. The number of rotatable bonds is 7. The van der Waals surface area contributed by atoms with Crippen molar-refractivity contribution >= 4 is 35.3 Å². The number of benzene rings is 2. The number of hydrogen-bond donors (Lipinski definition) is 2. The molecule has 0 spiro atoms. The summed E-state index contributed by atoms with van der Waals surface area (Å²) < 4.78 is 38.6. The highest BCUT2D eigenvalue weighted by Crippen LogP contribution is 2.30. The van der Waals surface area contributed by atoms with E-state index in [0.717, 1.165) is 81.4 Å². The Morgan fingerprint density at radius 2 is 1.80 bits per heavy atom. The van der Waals surface area contributed by atoms with Crippen LogP contribution in [0.3, 0.4) is 0 Å². The Balaban J connectivity index is 1.21. The Morgan fingerprint density at radius 3 is 2.52 bits per heavy atom. The molecule has 0 bridgehead atoms. The van der Waals surface area contributed by atoms with Crippen molar-refractivity contribution in [1.82, 2.24) is 10.2 Å². The fourth-order valence-electron chi connectivity index (χ4n) is 5.26. The van der Waals surface area contributed by atoms with E-state index >= 15 is 0 Å². The largest absolute Gasteiger partial charge is 0.416 e. The molecule has 11 heteroatoms. The van der Waals surface area contributed by atoms with E-state index in [0.29, 0.717) is 6.04 Å². The molecule has 2 aliphatic heterocycles. The van der Waals surface area contributed by atoms with Crippen LogP contribution in [-0.4, -0.2) is 67.6 Å². The maximum Gasteiger partial charge on any atom is 0.416 e. The summed E-state index contributed by atoms with van der Waals surface area (Å²) in [6.07, 6.45) is 1.15. The second kappa shape index (κ2) is 13.1. The number of hydrogen-bond acceptors (Lipinski definition) is 5. The van der Waals surface area contributed by atoms with Gasteiger partial charge >= 0.3 is 6.18 Å². The highest BCUT2D eigenvalue weighted by molar-refractivity contribution is 5.97. The van der Waals surface area contributed by atoms with Crippen LogP contribution in [0.25, 0.3) is 0 Å². The van der Waals surface area contributed by atoms with E-state index in [4.69, 9.17) is 0 Å². The third-order valence-electron chi connectivity index (χ3n) is 7.30. The molecule has 0 saturated carbocycles. The first-order chi connectivity index (χ1) is 19.1. The van der Waals surface area contributed by atoms with E-state index in [2.05, 4.69) is 25.4 Å². The molecule has 0 aliphatic carbocycles. The highest BCUT2D eigenvalue weighted by atomic mass is 19.4. The fourth-order valence-corrected chi connectivity index (χ4v) is 5.26. The predicted octanol–water partition coefficient (Wildman–Crippen LogP) is 4.37. The first-order valence-electron chi connectivity index (χ1n) is 13.5. The Labute approximate surface area is 231 Å². The van der Waals surface area contributed by atoms with Crippen LogP contribution < -0.4 is 15.5 Å². The lowest BCUT2D eigenvalue weighted by Crippen LogP contribution is -2.34. The Hall–Kier alpha value is -3.73. The number of carbonyl (C=O) groups excluding carboxylic acids is 3. The summed E-state index contributed by atoms with van der Waals surface area (Å²) in [6, 6.07) is 12.4. The van der Waals surface area contributed by atoms with Crippen molar-refractivity contribution in [2.75, 3.05) is 42.9 Å². The van der Waals surface area contributed by atoms with Crippen molar-refractivity contribution < 1.29 is 27.6 Å². The number of amides is 3. The van der Waals surface area contributed by atoms with E-state index in [9.17, 15) is 27.6 Å².